The molecule has 0 fully saturated rings. The van der Waals surface area contributed by atoms with Crippen LogP contribution in [0.4, 0.5) is 5.69 Å². The Morgan fingerprint density at radius 3 is 2.52 bits per heavy atom. The van der Waals surface area contributed by atoms with E-state index in [0.717, 1.165) is 16.8 Å². The van der Waals surface area contributed by atoms with E-state index in [0.29, 0.717) is 11.4 Å². The highest BCUT2D eigenvalue weighted by Crippen LogP contribution is 2.47. The highest BCUT2D eigenvalue weighted by molar-refractivity contribution is 6.30. The number of carbonyl (C=O) groups is 1. The molecular weight excluding hydrogens is 282 g/mol. The lowest BCUT2D eigenvalue weighted by molar-refractivity contribution is -0.121. The van der Waals surface area contributed by atoms with Crippen molar-refractivity contribution in [1.29, 1.82) is 0 Å². The molecule has 1 atom stereocenters. The smallest absolute Gasteiger partial charge is 0.242 e. The summed E-state index contributed by atoms with van der Waals surface area (Å²) in [5.41, 5.74) is 2.24. The minimum absolute atomic E-state index is 0.0749. The molecule has 2 aromatic carbocycles. The molecule has 21 heavy (non-hydrogen) atoms. The molecule has 0 bridgehead atoms. The second-order valence-corrected chi connectivity index (χ2v) is 5.72. The monoisotopic (exact) mass is 297 g/mol. The normalized spacial score (nSPS) is 20.5. The molecule has 0 aliphatic carbocycles. The zero-order valence-electron chi connectivity index (χ0n) is 11.8. The molecule has 1 aliphatic heterocycles. The number of hydrogen-bond donors (Lipinski definition) is 0. The molecule has 0 aromatic heterocycles. The van der Waals surface area contributed by atoms with Gasteiger partial charge >= 0.3 is 0 Å². The van der Waals surface area contributed by atoms with Crippen LogP contribution in [0.2, 0.25) is 5.02 Å². The van der Waals surface area contributed by atoms with Crippen molar-refractivity contribution in [3.8, 4) is 0 Å². The number of benzene rings is 2. The summed E-state index contributed by atoms with van der Waals surface area (Å²) in [6.07, 6.45) is 2.37. The van der Waals surface area contributed by atoms with Gasteiger partial charge in [0.15, 0.2) is 0 Å². The van der Waals surface area contributed by atoms with Gasteiger partial charge in [-0.2, -0.15) is 0 Å². The van der Waals surface area contributed by atoms with Gasteiger partial charge in [-0.1, -0.05) is 48.0 Å². The van der Waals surface area contributed by atoms with Crippen molar-refractivity contribution in [2.75, 3.05) is 11.9 Å². The Labute approximate surface area is 129 Å². The molecule has 0 spiro atoms. The first-order valence-electron chi connectivity index (χ1n) is 6.86. The van der Waals surface area contributed by atoms with E-state index in [1.807, 2.05) is 61.7 Å². The first kappa shape index (κ1) is 13.9. The summed E-state index contributed by atoms with van der Waals surface area (Å²) in [5.74, 6) is 0.0749. The number of fused-ring (bicyclic) bond motifs is 1. The molecule has 2 aromatic rings. The molecule has 0 saturated heterocycles. The molecule has 1 amide bonds. The molecule has 3 rings (SSSR count). The van der Waals surface area contributed by atoms with Gasteiger partial charge in [0.25, 0.3) is 0 Å². The van der Waals surface area contributed by atoms with E-state index in [1.54, 1.807) is 4.90 Å². The van der Waals surface area contributed by atoms with Crippen molar-refractivity contribution < 1.29 is 4.79 Å². The third-order valence-electron chi connectivity index (χ3n) is 4.18. The average Bonchev–Trinajstić information content (AvgIpc) is 2.72. The molecule has 0 N–H and O–H groups in total. The van der Waals surface area contributed by atoms with Crippen LogP contribution in [0.5, 0.6) is 0 Å². The number of nitrogens with zero attached hydrogens (tertiary/aromatic N) is 1. The molecule has 106 valence electrons. The Kier molecular flexibility index (Phi) is 3.34. The molecule has 1 aliphatic rings. The number of halogens is 1. The average molecular weight is 298 g/mol. The van der Waals surface area contributed by atoms with Crippen molar-refractivity contribution in [3.63, 3.8) is 0 Å². The Morgan fingerprint density at radius 2 is 1.86 bits per heavy atom. The van der Waals surface area contributed by atoms with Gasteiger partial charge in [-0.05, 0) is 35.7 Å². The van der Waals surface area contributed by atoms with Gasteiger partial charge in [0, 0.05) is 17.8 Å². The fourth-order valence-electron chi connectivity index (χ4n) is 3.18. The van der Waals surface area contributed by atoms with Gasteiger partial charge in [0.2, 0.25) is 5.91 Å². The number of allylic oxidation sites excluding steroid dienone is 1. The SMILES string of the molecule is C=CCC1(c2ccc(Cl)cc2)C(=O)N(C)c2ccccc21. The number of amides is 1. The van der Waals surface area contributed by atoms with E-state index in [-0.39, 0.29) is 5.91 Å². The van der Waals surface area contributed by atoms with Crippen LogP contribution in [0.25, 0.3) is 0 Å². The topological polar surface area (TPSA) is 20.3 Å². The quantitative estimate of drug-likeness (QED) is 0.778. The summed E-state index contributed by atoms with van der Waals surface area (Å²) in [6, 6.07) is 15.4. The molecule has 1 unspecified atom stereocenters. The van der Waals surface area contributed by atoms with Gasteiger partial charge in [0.1, 0.15) is 5.41 Å². The van der Waals surface area contributed by atoms with Crippen LogP contribution in [0.3, 0.4) is 0 Å². The first-order chi connectivity index (χ1) is 10.1. The largest absolute Gasteiger partial charge is 0.314 e. The maximum Gasteiger partial charge on any atom is 0.242 e. The van der Waals surface area contributed by atoms with Crippen molar-refractivity contribution in [1.82, 2.24) is 0 Å². The summed E-state index contributed by atoms with van der Waals surface area (Å²) in [5, 5.41) is 0.666. The second-order valence-electron chi connectivity index (χ2n) is 5.29. The Hall–Kier alpha value is -2.06. The zero-order valence-corrected chi connectivity index (χ0v) is 12.6. The minimum atomic E-state index is -0.697. The van der Waals surface area contributed by atoms with E-state index >= 15 is 0 Å². The Morgan fingerprint density at radius 1 is 1.19 bits per heavy atom. The van der Waals surface area contributed by atoms with Crippen molar-refractivity contribution in [3.05, 3.63) is 77.3 Å². The van der Waals surface area contributed by atoms with Gasteiger partial charge in [-0.15, -0.1) is 6.58 Å². The summed E-state index contributed by atoms with van der Waals surface area (Å²) in [6.45, 7) is 3.85. The zero-order chi connectivity index (χ0) is 15.0. The van der Waals surface area contributed by atoms with E-state index in [9.17, 15) is 4.79 Å². The number of rotatable bonds is 3. The van der Waals surface area contributed by atoms with Crippen LogP contribution in [0.15, 0.2) is 61.2 Å². The van der Waals surface area contributed by atoms with Gasteiger partial charge < -0.3 is 4.90 Å². The third kappa shape index (κ3) is 1.90. The Bertz CT molecular complexity index is 707. The number of anilines is 1. The summed E-state index contributed by atoms with van der Waals surface area (Å²) < 4.78 is 0. The summed E-state index contributed by atoms with van der Waals surface area (Å²) in [4.78, 5) is 14.7. The lowest BCUT2D eigenvalue weighted by Crippen LogP contribution is -2.39. The van der Waals surface area contributed by atoms with Crippen molar-refractivity contribution in [2.45, 2.75) is 11.8 Å². The van der Waals surface area contributed by atoms with Crippen LogP contribution in [-0.2, 0) is 10.2 Å². The summed E-state index contributed by atoms with van der Waals surface area (Å²) in [7, 11) is 1.82. The standard InChI is InChI=1S/C18H16ClNO/c1-3-12-18(13-8-10-14(19)11-9-13)15-6-4-5-7-16(15)20(2)17(18)21/h3-11H,1,12H2,2H3. The molecule has 0 radical (unpaired) electrons. The minimum Gasteiger partial charge on any atom is -0.314 e. The number of hydrogen-bond acceptors (Lipinski definition) is 1. The first-order valence-corrected chi connectivity index (χ1v) is 7.23. The Balaban J connectivity index is 2.29. The predicted octanol–water partition coefficient (Wildman–Crippen LogP) is 4.18. The van der Waals surface area contributed by atoms with Crippen LogP contribution >= 0.6 is 11.6 Å². The fourth-order valence-corrected chi connectivity index (χ4v) is 3.31. The molecular formula is C18H16ClNO. The third-order valence-corrected chi connectivity index (χ3v) is 4.43. The van der Waals surface area contributed by atoms with Gasteiger partial charge in [-0.25, -0.2) is 0 Å². The highest BCUT2D eigenvalue weighted by Gasteiger charge is 2.49. The molecule has 2 nitrogen and oxygen atoms in total. The van der Waals surface area contributed by atoms with Gasteiger partial charge in [0.05, 0.1) is 0 Å². The van der Waals surface area contributed by atoms with Crippen molar-refractivity contribution >= 4 is 23.2 Å². The lowest BCUT2D eigenvalue weighted by Gasteiger charge is -2.27. The lowest BCUT2D eigenvalue weighted by atomic mass is 9.73. The van der Waals surface area contributed by atoms with Crippen LogP contribution in [-0.4, -0.2) is 13.0 Å². The van der Waals surface area contributed by atoms with E-state index in [2.05, 4.69) is 6.58 Å². The van der Waals surface area contributed by atoms with E-state index in [4.69, 9.17) is 11.6 Å². The number of para-hydroxylation sites is 1. The highest BCUT2D eigenvalue weighted by atomic mass is 35.5. The maximum absolute atomic E-state index is 13.0. The van der Waals surface area contributed by atoms with Crippen LogP contribution in [0.1, 0.15) is 17.5 Å². The summed E-state index contributed by atoms with van der Waals surface area (Å²) >= 11 is 5.99. The predicted molar refractivity (Wildman–Crippen MR) is 86.9 cm³/mol. The molecule has 1 heterocycles. The molecule has 3 heteroatoms. The number of likely N-dealkylation sites (N-methyl/N-ethyl adjacent to an activating group) is 1. The fraction of sp³-hybridized carbons (Fsp3) is 0.167. The van der Waals surface area contributed by atoms with Crippen molar-refractivity contribution in [2.24, 2.45) is 0 Å². The van der Waals surface area contributed by atoms with Crippen LogP contribution < -0.4 is 4.90 Å². The van der Waals surface area contributed by atoms with Crippen LogP contribution in [0, 0.1) is 0 Å². The van der Waals surface area contributed by atoms with E-state index < -0.39 is 5.41 Å². The maximum atomic E-state index is 13.0. The molecule has 0 saturated carbocycles. The second kappa shape index (κ2) is 5.05. The number of carbonyl (C=O) groups excluding carboxylic acids is 1. The van der Waals surface area contributed by atoms with E-state index in [1.165, 1.54) is 0 Å². The van der Waals surface area contributed by atoms with Gasteiger partial charge in [-0.3, -0.25) is 4.79 Å².